The largest absolute Gasteiger partial charge is 0.478 e. The van der Waals surface area contributed by atoms with Crippen molar-refractivity contribution in [3.8, 4) is 11.1 Å². The van der Waals surface area contributed by atoms with Gasteiger partial charge >= 0.3 is 5.97 Å². The first-order valence-electron chi connectivity index (χ1n) is 8.57. The Bertz CT molecular complexity index is 1200. The van der Waals surface area contributed by atoms with Crippen LogP contribution < -0.4 is 5.32 Å². The molecule has 2 N–H and O–H groups in total. The number of hydrogen-bond donors (Lipinski definition) is 2. The molecule has 140 valence electrons. The predicted octanol–water partition coefficient (Wildman–Crippen LogP) is 5.56. The first kappa shape index (κ1) is 18.1. The van der Waals surface area contributed by atoms with E-state index in [-0.39, 0.29) is 11.4 Å². The molecule has 0 aliphatic rings. The van der Waals surface area contributed by atoms with Crippen LogP contribution in [0.1, 0.15) is 21.1 Å². The number of aromatic carboxylic acids is 1. The molecule has 0 unspecified atom stereocenters. The lowest BCUT2D eigenvalue weighted by molar-refractivity contribution is 0.0698. The second-order valence-corrected chi connectivity index (χ2v) is 7.52. The van der Waals surface area contributed by atoms with Gasteiger partial charge in [0.25, 0.3) is 0 Å². The van der Waals surface area contributed by atoms with Gasteiger partial charge in [0, 0.05) is 10.4 Å². The van der Waals surface area contributed by atoms with Crippen molar-refractivity contribution in [2.45, 2.75) is 13.8 Å². The van der Waals surface area contributed by atoms with Crippen LogP contribution in [0.2, 0.25) is 0 Å². The normalized spacial score (nSPS) is 11.0. The highest BCUT2D eigenvalue weighted by Crippen LogP contribution is 2.41. The molecule has 28 heavy (non-hydrogen) atoms. The van der Waals surface area contributed by atoms with Gasteiger partial charge in [0.2, 0.25) is 0 Å². The molecule has 0 atom stereocenters. The molecule has 0 radical (unpaired) electrons. The summed E-state index contributed by atoms with van der Waals surface area (Å²) in [5, 5.41) is 13.4. The first-order chi connectivity index (χ1) is 13.4. The van der Waals surface area contributed by atoms with Crippen LogP contribution >= 0.6 is 11.3 Å². The zero-order valence-corrected chi connectivity index (χ0v) is 16.0. The van der Waals surface area contributed by atoms with Crippen molar-refractivity contribution in [1.82, 2.24) is 9.97 Å². The monoisotopic (exact) mass is 393 g/mol. The Balaban J connectivity index is 1.94. The minimum absolute atomic E-state index is 0.155. The number of benzene rings is 2. The number of thiophene rings is 1. The number of carboxylic acid groups (broad SMARTS) is 1. The Hall–Kier alpha value is -3.32. The zero-order valence-electron chi connectivity index (χ0n) is 15.2. The van der Waals surface area contributed by atoms with Crippen molar-refractivity contribution >= 4 is 39.0 Å². The number of anilines is 2. The number of rotatable bonds is 4. The molecule has 0 saturated heterocycles. The van der Waals surface area contributed by atoms with Crippen molar-refractivity contribution < 1.29 is 14.3 Å². The Morgan fingerprint density at radius 2 is 1.79 bits per heavy atom. The molecule has 0 saturated carbocycles. The van der Waals surface area contributed by atoms with E-state index < -0.39 is 5.97 Å². The molecule has 2 aromatic carbocycles. The number of carbonyl (C=O) groups is 1. The molecular weight excluding hydrogens is 377 g/mol. The molecule has 0 bridgehead atoms. The molecular formula is C21H16FN3O2S. The topological polar surface area (TPSA) is 75.1 Å². The number of hydrogen-bond acceptors (Lipinski definition) is 5. The van der Waals surface area contributed by atoms with E-state index in [0.29, 0.717) is 17.3 Å². The summed E-state index contributed by atoms with van der Waals surface area (Å²) in [6.45, 7) is 3.77. The molecule has 5 nitrogen and oxygen atoms in total. The van der Waals surface area contributed by atoms with Gasteiger partial charge in [-0.2, -0.15) is 0 Å². The van der Waals surface area contributed by atoms with E-state index in [4.69, 9.17) is 0 Å². The van der Waals surface area contributed by atoms with Crippen molar-refractivity contribution in [3.63, 3.8) is 0 Å². The van der Waals surface area contributed by atoms with Gasteiger partial charge in [-0.3, -0.25) is 0 Å². The number of nitrogens with zero attached hydrogens (tertiary/aromatic N) is 2. The second kappa shape index (κ2) is 7.01. The third-order valence-electron chi connectivity index (χ3n) is 4.38. The van der Waals surface area contributed by atoms with E-state index in [1.54, 1.807) is 37.3 Å². The van der Waals surface area contributed by atoms with E-state index in [9.17, 15) is 14.3 Å². The predicted molar refractivity (Wildman–Crippen MR) is 109 cm³/mol. The molecule has 4 rings (SSSR count). The number of carboxylic acids is 1. The Morgan fingerprint density at radius 3 is 2.50 bits per heavy atom. The Labute approximate surface area is 164 Å². The number of aromatic nitrogens is 2. The van der Waals surface area contributed by atoms with Gasteiger partial charge in [0.1, 0.15) is 22.3 Å². The average molecular weight is 393 g/mol. The third kappa shape index (κ3) is 3.20. The molecule has 0 spiro atoms. The molecule has 7 heteroatoms. The summed E-state index contributed by atoms with van der Waals surface area (Å²) in [6.07, 6.45) is 0. The maximum absolute atomic E-state index is 13.4. The van der Waals surface area contributed by atoms with Crippen LogP contribution in [0, 0.1) is 19.7 Å². The summed E-state index contributed by atoms with van der Waals surface area (Å²) < 4.78 is 13.4. The van der Waals surface area contributed by atoms with Crippen LogP contribution in [0.25, 0.3) is 21.3 Å². The van der Waals surface area contributed by atoms with Crippen LogP contribution in [-0.4, -0.2) is 21.0 Å². The van der Waals surface area contributed by atoms with Crippen LogP contribution in [-0.2, 0) is 0 Å². The van der Waals surface area contributed by atoms with Crippen molar-refractivity contribution in [3.05, 3.63) is 70.6 Å². The maximum Gasteiger partial charge on any atom is 0.337 e. The second-order valence-electron chi connectivity index (χ2n) is 6.32. The van der Waals surface area contributed by atoms with E-state index in [0.717, 1.165) is 26.2 Å². The summed E-state index contributed by atoms with van der Waals surface area (Å²) >= 11 is 1.53. The Kier molecular flexibility index (Phi) is 4.52. The number of nitrogens with one attached hydrogen (secondary N) is 1. The number of fused-ring (bicyclic) bond motifs is 1. The van der Waals surface area contributed by atoms with E-state index in [1.165, 1.54) is 29.5 Å². The van der Waals surface area contributed by atoms with Gasteiger partial charge in [-0.1, -0.05) is 24.3 Å². The van der Waals surface area contributed by atoms with E-state index in [1.807, 2.05) is 6.92 Å². The first-order valence-corrected chi connectivity index (χ1v) is 9.38. The van der Waals surface area contributed by atoms with Gasteiger partial charge in [-0.15, -0.1) is 11.3 Å². The van der Waals surface area contributed by atoms with Gasteiger partial charge in [0.15, 0.2) is 0 Å². The molecule has 0 aliphatic heterocycles. The van der Waals surface area contributed by atoms with Crippen LogP contribution in [0.3, 0.4) is 0 Å². The van der Waals surface area contributed by atoms with Gasteiger partial charge in [-0.25, -0.2) is 19.2 Å². The highest BCUT2D eigenvalue weighted by atomic mass is 32.1. The SMILES string of the molecule is Cc1nc(Nc2ccccc2C(=O)O)c2c(-c3ccc(F)cc3)c(C)sc2n1. The molecule has 0 aliphatic carbocycles. The van der Waals surface area contributed by atoms with Crippen molar-refractivity contribution in [2.75, 3.05) is 5.32 Å². The highest BCUT2D eigenvalue weighted by Gasteiger charge is 2.19. The van der Waals surface area contributed by atoms with E-state index in [2.05, 4.69) is 15.3 Å². The van der Waals surface area contributed by atoms with Crippen LogP contribution in [0.4, 0.5) is 15.9 Å². The van der Waals surface area contributed by atoms with Gasteiger partial charge in [0.05, 0.1) is 16.6 Å². The number of halogens is 1. The maximum atomic E-state index is 13.4. The minimum Gasteiger partial charge on any atom is -0.478 e. The molecule has 2 aromatic heterocycles. The summed E-state index contributed by atoms with van der Waals surface area (Å²) in [7, 11) is 0. The van der Waals surface area contributed by atoms with E-state index >= 15 is 0 Å². The number of para-hydroxylation sites is 1. The quantitative estimate of drug-likeness (QED) is 0.475. The fourth-order valence-electron chi connectivity index (χ4n) is 3.18. The lowest BCUT2D eigenvalue weighted by atomic mass is 10.0. The summed E-state index contributed by atoms with van der Waals surface area (Å²) in [5.74, 6) is -0.221. The molecule has 0 fully saturated rings. The Morgan fingerprint density at radius 1 is 1.07 bits per heavy atom. The van der Waals surface area contributed by atoms with Gasteiger partial charge in [-0.05, 0) is 43.7 Å². The van der Waals surface area contributed by atoms with Crippen LogP contribution in [0.15, 0.2) is 48.5 Å². The zero-order chi connectivity index (χ0) is 19.8. The molecule has 0 amide bonds. The summed E-state index contributed by atoms with van der Waals surface area (Å²) in [6, 6.07) is 12.9. The molecule has 2 heterocycles. The lowest BCUT2D eigenvalue weighted by Crippen LogP contribution is -2.04. The minimum atomic E-state index is -1.02. The lowest BCUT2D eigenvalue weighted by Gasteiger charge is -2.12. The standard InChI is InChI=1S/C21H16FN3O2S/c1-11-17(13-7-9-14(22)10-8-13)18-19(23-12(2)24-20(18)28-11)25-16-6-4-3-5-15(16)21(26)27/h3-10H,1-2H3,(H,26,27)(H,23,24,25). The summed E-state index contributed by atoms with van der Waals surface area (Å²) in [4.78, 5) is 22.4. The van der Waals surface area contributed by atoms with Crippen molar-refractivity contribution in [1.29, 1.82) is 0 Å². The smallest absolute Gasteiger partial charge is 0.337 e. The number of aryl methyl sites for hydroxylation is 2. The third-order valence-corrected chi connectivity index (χ3v) is 5.38. The van der Waals surface area contributed by atoms with Crippen molar-refractivity contribution in [2.24, 2.45) is 0 Å². The average Bonchev–Trinajstić information content (AvgIpc) is 2.98. The molecule has 4 aromatic rings. The summed E-state index contributed by atoms with van der Waals surface area (Å²) in [5.41, 5.74) is 2.37. The van der Waals surface area contributed by atoms with Crippen LogP contribution in [0.5, 0.6) is 0 Å². The fraction of sp³-hybridized carbons (Fsp3) is 0.0952. The van der Waals surface area contributed by atoms with Gasteiger partial charge < -0.3 is 10.4 Å². The fourth-order valence-corrected chi connectivity index (χ4v) is 4.27. The highest BCUT2D eigenvalue weighted by molar-refractivity contribution is 7.19.